The second-order valence-corrected chi connectivity index (χ2v) is 9.00. The van der Waals surface area contributed by atoms with Gasteiger partial charge in [-0.1, -0.05) is 39.7 Å². The first-order valence-corrected chi connectivity index (χ1v) is 12.0. The molecule has 11 nitrogen and oxygen atoms in total. The summed E-state index contributed by atoms with van der Waals surface area (Å²) in [6.45, 7) is 8.18. The lowest BCUT2D eigenvalue weighted by Gasteiger charge is -2.29. The van der Waals surface area contributed by atoms with E-state index in [2.05, 4.69) is 10.6 Å². The van der Waals surface area contributed by atoms with Gasteiger partial charge in [-0.3, -0.25) is 19.2 Å². The number of hydrogen-bond donors (Lipinski definition) is 3. The van der Waals surface area contributed by atoms with Gasteiger partial charge in [-0.25, -0.2) is 4.79 Å². The van der Waals surface area contributed by atoms with Crippen LogP contribution in [0.15, 0.2) is 18.2 Å². The van der Waals surface area contributed by atoms with Gasteiger partial charge < -0.3 is 30.0 Å². The van der Waals surface area contributed by atoms with Crippen LogP contribution in [0.4, 0.5) is 5.69 Å². The summed E-state index contributed by atoms with van der Waals surface area (Å²) >= 11 is 0. The van der Waals surface area contributed by atoms with E-state index < -0.39 is 65.8 Å². The Morgan fingerprint density at radius 2 is 1.81 bits per heavy atom. The Morgan fingerprint density at radius 1 is 1.14 bits per heavy atom. The van der Waals surface area contributed by atoms with Crippen LogP contribution in [0.1, 0.15) is 64.2 Å². The number of cyclic esters (lactones) is 2. The highest BCUT2D eigenvalue weighted by Crippen LogP contribution is 2.29. The van der Waals surface area contributed by atoms with E-state index in [9.17, 15) is 29.1 Å². The van der Waals surface area contributed by atoms with Gasteiger partial charge >= 0.3 is 17.9 Å². The van der Waals surface area contributed by atoms with E-state index in [1.54, 1.807) is 13.8 Å². The van der Waals surface area contributed by atoms with Gasteiger partial charge in [0.1, 0.15) is 12.2 Å². The maximum Gasteiger partial charge on any atom is 0.332 e. The van der Waals surface area contributed by atoms with Crippen LogP contribution in [0, 0.1) is 11.8 Å². The summed E-state index contributed by atoms with van der Waals surface area (Å²) in [7, 11) is 0. The van der Waals surface area contributed by atoms with Crippen molar-refractivity contribution in [3.8, 4) is 5.75 Å². The van der Waals surface area contributed by atoms with Crippen LogP contribution >= 0.6 is 0 Å². The van der Waals surface area contributed by atoms with Crippen molar-refractivity contribution in [2.24, 2.45) is 11.8 Å². The van der Waals surface area contributed by atoms with E-state index in [1.165, 1.54) is 32.0 Å². The summed E-state index contributed by atoms with van der Waals surface area (Å²) in [6.07, 6.45) is -1.10. The fourth-order valence-corrected chi connectivity index (χ4v) is 3.77. The smallest absolute Gasteiger partial charge is 0.332 e. The van der Waals surface area contributed by atoms with Crippen molar-refractivity contribution in [1.82, 2.24) is 5.32 Å². The summed E-state index contributed by atoms with van der Waals surface area (Å²) in [5.74, 6) is -4.83. The molecular formula is C25H34N2O9. The molecule has 0 bridgehead atoms. The van der Waals surface area contributed by atoms with Gasteiger partial charge in [0.05, 0.1) is 23.1 Å². The number of ether oxygens (including phenoxy) is 3. The fraction of sp³-hybridized carbons (Fsp3) is 0.560. The first-order valence-electron chi connectivity index (χ1n) is 12.0. The molecule has 1 fully saturated rings. The first kappa shape index (κ1) is 28.6. The molecule has 0 spiro atoms. The molecule has 198 valence electrons. The highest BCUT2D eigenvalue weighted by atomic mass is 16.6. The minimum Gasteiger partial charge on any atom is -0.505 e. The Kier molecular flexibility index (Phi) is 10.2. The zero-order valence-corrected chi connectivity index (χ0v) is 21.1. The molecule has 0 radical (unpaired) electrons. The summed E-state index contributed by atoms with van der Waals surface area (Å²) in [5.41, 5.74) is -0.220. The highest BCUT2D eigenvalue weighted by molar-refractivity contribution is 6.01. The number of anilines is 1. The lowest BCUT2D eigenvalue weighted by atomic mass is 9.92. The maximum absolute atomic E-state index is 13.1. The summed E-state index contributed by atoms with van der Waals surface area (Å²) in [6, 6.07) is 2.69. The molecular weight excluding hydrogens is 472 g/mol. The number of para-hydroxylation sites is 1. The highest BCUT2D eigenvalue weighted by Gasteiger charge is 2.44. The molecule has 2 rings (SSSR count). The van der Waals surface area contributed by atoms with Gasteiger partial charge in [0, 0.05) is 0 Å². The topological polar surface area (TPSA) is 157 Å². The minimum atomic E-state index is -1.42. The molecule has 3 N–H and O–H groups in total. The molecule has 36 heavy (non-hydrogen) atoms. The van der Waals surface area contributed by atoms with Crippen molar-refractivity contribution >= 4 is 35.9 Å². The number of hydrogen-bond acceptors (Lipinski definition) is 9. The lowest BCUT2D eigenvalue weighted by molar-refractivity contribution is -0.177. The molecule has 1 aromatic carbocycles. The van der Waals surface area contributed by atoms with E-state index in [4.69, 9.17) is 14.2 Å². The normalized spacial score (nSPS) is 24.4. The molecule has 1 heterocycles. The fourth-order valence-electron chi connectivity index (χ4n) is 3.77. The maximum atomic E-state index is 13.1. The number of carbonyl (C=O) groups is 5. The number of benzene rings is 1. The third-order valence-corrected chi connectivity index (χ3v) is 5.86. The predicted molar refractivity (Wildman–Crippen MR) is 128 cm³/mol. The van der Waals surface area contributed by atoms with E-state index in [-0.39, 0.29) is 11.3 Å². The van der Waals surface area contributed by atoms with Crippen molar-refractivity contribution in [1.29, 1.82) is 0 Å². The quantitative estimate of drug-likeness (QED) is 0.198. The van der Waals surface area contributed by atoms with Crippen LogP contribution in [-0.2, 0) is 33.4 Å². The van der Waals surface area contributed by atoms with Crippen LogP contribution in [0.3, 0.4) is 0 Å². The molecule has 0 aliphatic carbocycles. The van der Waals surface area contributed by atoms with E-state index >= 15 is 0 Å². The number of unbranched alkanes of at least 4 members (excludes halogenated alkanes) is 1. The molecule has 2 amide bonds. The van der Waals surface area contributed by atoms with Gasteiger partial charge in [0.2, 0.25) is 6.41 Å². The SMILES string of the molecule is CCCC[C@H]1C(=O)O[C@H](C)[C@H](NC(=O)c2cccc(NC=O)c2O)C(=O)O[C@@H](C)[C@@H]1OC(=O)C(C)C. The Bertz CT molecular complexity index is 978. The van der Waals surface area contributed by atoms with Crippen molar-refractivity contribution in [2.45, 2.75) is 78.2 Å². The van der Waals surface area contributed by atoms with Gasteiger partial charge in [0.15, 0.2) is 17.9 Å². The van der Waals surface area contributed by atoms with Gasteiger partial charge in [-0.15, -0.1) is 0 Å². The van der Waals surface area contributed by atoms with Crippen LogP contribution in [0.5, 0.6) is 5.75 Å². The average Bonchev–Trinajstić information content (AvgIpc) is 2.84. The van der Waals surface area contributed by atoms with Gasteiger partial charge in [-0.05, 0) is 32.4 Å². The molecule has 1 aliphatic heterocycles. The van der Waals surface area contributed by atoms with Crippen molar-refractivity contribution < 1.29 is 43.3 Å². The van der Waals surface area contributed by atoms with Crippen LogP contribution < -0.4 is 10.6 Å². The number of rotatable bonds is 9. The summed E-state index contributed by atoms with van der Waals surface area (Å²) in [5, 5.41) is 15.0. The second-order valence-electron chi connectivity index (χ2n) is 9.00. The third kappa shape index (κ3) is 6.96. The third-order valence-electron chi connectivity index (χ3n) is 5.86. The standard InChI is InChI=1S/C25H34N2O9/c1-6-7-9-17-21(36-23(31)13(2)3)15(5)35-25(33)19(14(4)34-24(17)32)27-22(30)16-10-8-11-18(20(16)29)26-12-28/h8,10-15,17,19,21,29H,6-7,9H2,1-5H3,(H,26,28)(H,27,30)/t14-,15+,17-,19+,21+/m1/s1. The van der Waals surface area contributed by atoms with Crippen molar-refractivity contribution in [3.63, 3.8) is 0 Å². The van der Waals surface area contributed by atoms with E-state index in [0.717, 1.165) is 6.42 Å². The Labute approximate surface area is 209 Å². The molecule has 0 aromatic heterocycles. The Hall–Kier alpha value is -3.63. The number of phenols is 1. The molecule has 5 atom stereocenters. The number of aromatic hydroxyl groups is 1. The zero-order valence-electron chi connectivity index (χ0n) is 21.1. The monoisotopic (exact) mass is 506 g/mol. The number of amides is 2. The number of carbonyl (C=O) groups excluding carboxylic acids is 5. The lowest BCUT2D eigenvalue weighted by Crippen LogP contribution is -2.50. The Balaban J connectivity index is 2.36. The molecule has 1 aliphatic rings. The number of nitrogens with one attached hydrogen (secondary N) is 2. The van der Waals surface area contributed by atoms with Gasteiger partial charge in [0.25, 0.3) is 5.91 Å². The first-order chi connectivity index (χ1) is 17.0. The van der Waals surface area contributed by atoms with Crippen LogP contribution in [0.25, 0.3) is 0 Å². The summed E-state index contributed by atoms with van der Waals surface area (Å²) < 4.78 is 16.7. The van der Waals surface area contributed by atoms with Gasteiger partial charge in [-0.2, -0.15) is 0 Å². The van der Waals surface area contributed by atoms with E-state index in [1.807, 2.05) is 6.92 Å². The van der Waals surface area contributed by atoms with Crippen molar-refractivity contribution in [3.05, 3.63) is 23.8 Å². The minimum absolute atomic E-state index is 0.00336. The largest absolute Gasteiger partial charge is 0.505 e. The average molecular weight is 507 g/mol. The Morgan fingerprint density at radius 3 is 2.42 bits per heavy atom. The molecule has 11 heteroatoms. The molecule has 0 saturated carbocycles. The molecule has 1 saturated heterocycles. The summed E-state index contributed by atoms with van der Waals surface area (Å²) in [4.78, 5) is 62.2. The van der Waals surface area contributed by atoms with E-state index in [0.29, 0.717) is 19.3 Å². The zero-order chi connectivity index (χ0) is 27.0. The van der Waals surface area contributed by atoms with Crippen molar-refractivity contribution in [2.75, 3.05) is 5.32 Å². The second kappa shape index (κ2) is 12.9. The number of esters is 3. The van der Waals surface area contributed by atoms with Crippen LogP contribution in [0.2, 0.25) is 0 Å². The molecule has 1 aromatic rings. The molecule has 0 unspecified atom stereocenters. The predicted octanol–water partition coefficient (Wildman–Crippen LogP) is 2.31. The van der Waals surface area contributed by atoms with Crippen LogP contribution in [-0.4, -0.2) is 59.7 Å². The number of phenolic OH excluding ortho intramolecular Hbond substituents is 1.